The van der Waals surface area contributed by atoms with Crippen LogP contribution in [0.2, 0.25) is 0 Å². The van der Waals surface area contributed by atoms with Crippen LogP contribution < -0.4 is 0 Å². The van der Waals surface area contributed by atoms with Crippen LogP contribution in [0.3, 0.4) is 0 Å². The van der Waals surface area contributed by atoms with Crippen molar-refractivity contribution >= 4 is 17.3 Å². The fraction of sp³-hybridized carbons (Fsp3) is 0.429. The van der Waals surface area contributed by atoms with Crippen LogP contribution in [0.1, 0.15) is 22.4 Å². The van der Waals surface area contributed by atoms with E-state index in [1.807, 2.05) is 0 Å². The molecular weight excluding hydrogens is 178 g/mol. The lowest BCUT2D eigenvalue weighted by atomic mass is 10.5. The molecule has 1 aromatic heterocycles. The Morgan fingerprint density at radius 3 is 2.83 bits per heavy atom. The van der Waals surface area contributed by atoms with Gasteiger partial charge in [0.05, 0.1) is 11.6 Å². The van der Waals surface area contributed by atoms with Crippen molar-refractivity contribution in [1.29, 1.82) is 0 Å². The lowest BCUT2D eigenvalue weighted by Crippen LogP contribution is -2.05. The second-order valence-electron chi connectivity index (χ2n) is 2.11. The van der Waals surface area contributed by atoms with Gasteiger partial charge in [0.2, 0.25) is 10.8 Å². The predicted molar refractivity (Wildman–Crippen MR) is 44.5 cm³/mol. The number of thiazole rings is 1. The monoisotopic (exact) mass is 187 g/mol. The van der Waals surface area contributed by atoms with Gasteiger partial charge in [-0.05, 0) is 13.8 Å². The van der Waals surface area contributed by atoms with Crippen molar-refractivity contribution in [2.45, 2.75) is 13.8 Å². The highest BCUT2D eigenvalue weighted by atomic mass is 32.1. The largest absolute Gasteiger partial charge is 0.498 e. The quantitative estimate of drug-likeness (QED) is 0.709. The number of aromatic nitrogens is 1. The minimum absolute atomic E-state index is 0.0133. The van der Waals surface area contributed by atoms with Gasteiger partial charge in [-0.2, -0.15) is 0 Å². The van der Waals surface area contributed by atoms with Gasteiger partial charge in [0.25, 0.3) is 0 Å². The minimum atomic E-state index is -0.570. The fourth-order valence-corrected chi connectivity index (χ4v) is 1.39. The zero-order valence-corrected chi connectivity index (χ0v) is 7.64. The molecule has 0 aliphatic rings. The van der Waals surface area contributed by atoms with Crippen molar-refractivity contribution in [2.24, 2.45) is 0 Å². The second kappa shape index (κ2) is 3.53. The summed E-state index contributed by atoms with van der Waals surface area (Å²) < 4.78 is 4.67. The molecule has 1 heterocycles. The van der Waals surface area contributed by atoms with Gasteiger partial charge in [-0.15, -0.1) is 0 Å². The number of nitrogens with zero attached hydrogens (tertiary/aromatic N) is 1. The third-order valence-electron chi connectivity index (χ3n) is 1.18. The van der Waals surface area contributed by atoms with Crippen LogP contribution in [0.25, 0.3) is 0 Å². The highest BCUT2D eigenvalue weighted by molar-refractivity contribution is 7.13. The molecule has 0 unspecified atom stereocenters. The summed E-state index contributed by atoms with van der Waals surface area (Å²) in [7, 11) is 0. The van der Waals surface area contributed by atoms with E-state index in [9.17, 15) is 9.90 Å². The first-order chi connectivity index (χ1) is 5.65. The van der Waals surface area contributed by atoms with Crippen LogP contribution in [0.4, 0.5) is 0 Å². The van der Waals surface area contributed by atoms with Crippen LogP contribution in [-0.2, 0) is 4.74 Å². The number of carbonyl (C=O) groups is 1. The highest BCUT2D eigenvalue weighted by Gasteiger charge is 2.16. The zero-order valence-electron chi connectivity index (χ0n) is 6.83. The summed E-state index contributed by atoms with van der Waals surface area (Å²) in [6.45, 7) is 3.70. The molecule has 12 heavy (non-hydrogen) atoms. The van der Waals surface area contributed by atoms with Crippen molar-refractivity contribution in [3.05, 3.63) is 10.7 Å². The van der Waals surface area contributed by atoms with Gasteiger partial charge in [-0.3, -0.25) is 0 Å². The minimum Gasteiger partial charge on any atom is -0.498 e. The number of hydrogen-bond donors (Lipinski definition) is 1. The maximum Gasteiger partial charge on any atom is 0.361 e. The first-order valence-corrected chi connectivity index (χ1v) is 4.30. The average Bonchev–Trinajstić information content (AvgIpc) is 2.30. The number of ether oxygens (including phenoxy) is 1. The summed E-state index contributed by atoms with van der Waals surface area (Å²) in [6, 6.07) is 0. The number of esters is 1. The van der Waals surface area contributed by atoms with Gasteiger partial charge < -0.3 is 9.84 Å². The standard InChI is InChI=1S/C7H9NO3S/c1-3-11-6(9)5-7(10)12-4(2)8-5/h10H,3H2,1-2H3. The normalized spacial score (nSPS) is 9.83. The van der Waals surface area contributed by atoms with Crippen molar-refractivity contribution in [3.8, 4) is 5.06 Å². The summed E-state index contributed by atoms with van der Waals surface area (Å²) >= 11 is 1.07. The van der Waals surface area contributed by atoms with E-state index in [1.54, 1.807) is 13.8 Å². The molecule has 0 spiro atoms. The number of carbonyl (C=O) groups excluding carboxylic acids is 1. The van der Waals surface area contributed by atoms with E-state index in [1.165, 1.54) is 0 Å². The predicted octanol–water partition coefficient (Wildman–Crippen LogP) is 1.33. The van der Waals surface area contributed by atoms with Gasteiger partial charge in [0.15, 0.2) is 0 Å². The van der Waals surface area contributed by atoms with Gasteiger partial charge in [0.1, 0.15) is 0 Å². The average molecular weight is 187 g/mol. The van der Waals surface area contributed by atoms with Crippen LogP contribution in [0, 0.1) is 6.92 Å². The molecule has 0 bridgehead atoms. The summed E-state index contributed by atoms with van der Waals surface area (Å²) in [5.41, 5.74) is 0.0133. The molecule has 0 aromatic carbocycles. The van der Waals surface area contributed by atoms with Gasteiger partial charge in [0, 0.05) is 0 Å². The summed E-state index contributed by atoms with van der Waals surface area (Å²) in [5.74, 6) is -0.570. The van der Waals surface area contributed by atoms with Crippen molar-refractivity contribution in [2.75, 3.05) is 6.61 Å². The van der Waals surface area contributed by atoms with Gasteiger partial charge >= 0.3 is 5.97 Å². The van der Waals surface area contributed by atoms with E-state index in [2.05, 4.69) is 9.72 Å². The van der Waals surface area contributed by atoms with Crippen LogP contribution in [-0.4, -0.2) is 22.7 Å². The fourth-order valence-electron chi connectivity index (χ4n) is 0.749. The Morgan fingerprint density at radius 1 is 1.75 bits per heavy atom. The third kappa shape index (κ3) is 1.73. The molecule has 4 nitrogen and oxygen atoms in total. The molecule has 0 atom stereocenters. The van der Waals surface area contributed by atoms with Crippen molar-refractivity contribution in [3.63, 3.8) is 0 Å². The van der Waals surface area contributed by atoms with E-state index < -0.39 is 5.97 Å². The summed E-state index contributed by atoms with van der Waals surface area (Å²) in [4.78, 5) is 14.9. The summed E-state index contributed by atoms with van der Waals surface area (Å²) in [5, 5.41) is 9.75. The third-order valence-corrected chi connectivity index (χ3v) is 1.96. The SMILES string of the molecule is CCOC(=O)c1nc(C)sc1O. The van der Waals surface area contributed by atoms with Crippen LogP contribution in [0.15, 0.2) is 0 Å². The Morgan fingerprint density at radius 2 is 2.42 bits per heavy atom. The Bertz CT molecular complexity index is 295. The van der Waals surface area contributed by atoms with E-state index in [4.69, 9.17) is 0 Å². The molecule has 1 rings (SSSR count). The molecule has 0 saturated carbocycles. The molecule has 66 valence electrons. The maximum atomic E-state index is 11.0. The Balaban J connectivity index is 2.87. The van der Waals surface area contributed by atoms with E-state index >= 15 is 0 Å². The number of hydrogen-bond acceptors (Lipinski definition) is 5. The van der Waals surface area contributed by atoms with E-state index in [0.717, 1.165) is 11.3 Å². The second-order valence-corrected chi connectivity index (χ2v) is 3.29. The summed E-state index contributed by atoms with van der Waals surface area (Å²) in [6.07, 6.45) is 0. The molecule has 0 fully saturated rings. The topological polar surface area (TPSA) is 59.4 Å². The molecule has 1 N–H and O–H groups in total. The maximum absolute atomic E-state index is 11.0. The Kier molecular flexibility index (Phi) is 2.65. The molecule has 0 aliphatic carbocycles. The number of aryl methyl sites for hydroxylation is 1. The van der Waals surface area contributed by atoms with Crippen LogP contribution >= 0.6 is 11.3 Å². The molecule has 0 saturated heterocycles. The van der Waals surface area contributed by atoms with Crippen molar-refractivity contribution in [1.82, 2.24) is 4.98 Å². The highest BCUT2D eigenvalue weighted by Crippen LogP contribution is 2.25. The lowest BCUT2D eigenvalue weighted by Gasteiger charge is -1.96. The van der Waals surface area contributed by atoms with E-state index in [0.29, 0.717) is 5.01 Å². The molecule has 0 aliphatic heterocycles. The Hall–Kier alpha value is -1.10. The lowest BCUT2D eigenvalue weighted by molar-refractivity contribution is 0.0517. The first-order valence-electron chi connectivity index (χ1n) is 3.48. The molecule has 0 radical (unpaired) electrons. The van der Waals surface area contributed by atoms with E-state index in [-0.39, 0.29) is 17.4 Å². The molecule has 5 heteroatoms. The Labute approximate surface area is 73.8 Å². The van der Waals surface area contributed by atoms with Gasteiger partial charge in [-0.1, -0.05) is 11.3 Å². The molecule has 0 amide bonds. The van der Waals surface area contributed by atoms with Crippen LogP contribution in [0.5, 0.6) is 5.06 Å². The van der Waals surface area contributed by atoms with Gasteiger partial charge in [-0.25, -0.2) is 9.78 Å². The smallest absolute Gasteiger partial charge is 0.361 e. The number of aromatic hydroxyl groups is 1. The zero-order chi connectivity index (χ0) is 9.14. The molecular formula is C7H9NO3S. The molecule has 1 aromatic rings. The van der Waals surface area contributed by atoms with Crippen molar-refractivity contribution < 1.29 is 14.6 Å². The first kappa shape index (κ1) is 8.99. The number of rotatable bonds is 2.